The van der Waals surface area contributed by atoms with Gasteiger partial charge in [0.05, 0.1) is 10.6 Å². The van der Waals surface area contributed by atoms with Gasteiger partial charge < -0.3 is 10.1 Å². The van der Waals surface area contributed by atoms with Crippen molar-refractivity contribution < 1.29 is 19.1 Å². The predicted molar refractivity (Wildman–Crippen MR) is 95.9 cm³/mol. The minimum Gasteiger partial charge on any atom is -0.453 e. The molecule has 7 heteroatoms. The predicted octanol–water partition coefficient (Wildman–Crippen LogP) is 3.80. The first-order chi connectivity index (χ1) is 11.8. The molecule has 2 rings (SSSR count). The van der Waals surface area contributed by atoms with E-state index >= 15 is 0 Å². The number of hydrogen-bond donors (Lipinski definition) is 1. The van der Waals surface area contributed by atoms with E-state index in [0.29, 0.717) is 17.9 Å². The highest BCUT2D eigenvalue weighted by atomic mass is 35.5. The molecule has 0 spiro atoms. The average molecular weight is 386 g/mol. The lowest BCUT2D eigenvalue weighted by Gasteiger charge is -2.26. The SMILES string of the molecule is CC(C)[C@@H](NC(=O)c1ccc(Cl)cc1Cl)C(=O)O[C@H]1CCCCC1=O. The third-order valence-corrected chi connectivity index (χ3v) is 4.69. The molecule has 0 aromatic heterocycles. The van der Waals surface area contributed by atoms with Gasteiger partial charge in [0.15, 0.2) is 11.9 Å². The molecular formula is C18H21Cl2NO4. The number of ether oxygens (including phenoxy) is 1. The summed E-state index contributed by atoms with van der Waals surface area (Å²) >= 11 is 11.9. The lowest BCUT2D eigenvalue weighted by molar-refractivity contribution is -0.159. The molecule has 0 radical (unpaired) electrons. The Morgan fingerprint density at radius 2 is 1.96 bits per heavy atom. The maximum absolute atomic E-state index is 12.5. The molecule has 0 aliphatic heterocycles. The molecule has 1 saturated carbocycles. The molecule has 25 heavy (non-hydrogen) atoms. The number of rotatable bonds is 5. The number of benzene rings is 1. The van der Waals surface area contributed by atoms with Crippen LogP contribution in [0.1, 0.15) is 49.9 Å². The Kier molecular flexibility index (Phi) is 6.85. The van der Waals surface area contributed by atoms with Gasteiger partial charge in [0.25, 0.3) is 5.91 Å². The van der Waals surface area contributed by atoms with Gasteiger partial charge >= 0.3 is 5.97 Å². The Balaban J connectivity index is 2.07. The maximum Gasteiger partial charge on any atom is 0.329 e. The molecule has 136 valence electrons. The van der Waals surface area contributed by atoms with Crippen molar-refractivity contribution in [2.24, 2.45) is 5.92 Å². The van der Waals surface area contributed by atoms with E-state index in [0.717, 1.165) is 12.8 Å². The van der Waals surface area contributed by atoms with Crippen LogP contribution in [-0.2, 0) is 14.3 Å². The van der Waals surface area contributed by atoms with Crippen LogP contribution in [0.4, 0.5) is 0 Å². The number of carbonyl (C=O) groups is 3. The molecule has 0 saturated heterocycles. The third kappa shape index (κ3) is 5.19. The lowest BCUT2D eigenvalue weighted by Crippen LogP contribution is -2.47. The summed E-state index contributed by atoms with van der Waals surface area (Å²) in [7, 11) is 0. The number of nitrogens with one attached hydrogen (secondary N) is 1. The van der Waals surface area contributed by atoms with Crippen LogP contribution in [0.5, 0.6) is 0 Å². The Hall–Kier alpha value is -1.59. The Bertz CT molecular complexity index is 675. The van der Waals surface area contributed by atoms with Gasteiger partial charge in [-0.25, -0.2) is 4.79 Å². The van der Waals surface area contributed by atoms with Gasteiger partial charge in [0.1, 0.15) is 6.04 Å². The Labute approximate surface area is 157 Å². The maximum atomic E-state index is 12.5. The minimum absolute atomic E-state index is 0.0609. The largest absolute Gasteiger partial charge is 0.453 e. The van der Waals surface area contributed by atoms with Crippen LogP contribution < -0.4 is 5.32 Å². The highest BCUT2D eigenvalue weighted by Crippen LogP contribution is 2.22. The zero-order valence-electron chi connectivity index (χ0n) is 14.2. The fourth-order valence-electron chi connectivity index (χ4n) is 2.68. The Morgan fingerprint density at radius 3 is 2.56 bits per heavy atom. The summed E-state index contributed by atoms with van der Waals surface area (Å²) in [6.45, 7) is 3.58. The van der Waals surface area contributed by atoms with E-state index in [2.05, 4.69) is 5.32 Å². The highest BCUT2D eigenvalue weighted by molar-refractivity contribution is 6.36. The van der Waals surface area contributed by atoms with Crippen LogP contribution in [-0.4, -0.2) is 29.8 Å². The van der Waals surface area contributed by atoms with Gasteiger partial charge in [-0.15, -0.1) is 0 Å². The van der Waals surface area contributed by atoms with Crippen molar-refractivity contribution in [3.8, 4) is 0 Å². The minimum atomic E-state index is -0.867. The van der Waals surface area contributed by atoms with Crippen LogP contribution in [0.2, 0.25) is 10.0 Å². The molecule has 0 bridgehead atoms. The number of hydrogen-bond acceptors (Lipinski definition) is 4. The van der Waals surface area contributed by atoms with E-state index < -0.39 is 24.0 Å². The molecule has 1 aromatic carbocycles. The molecule has 1 N–H and O–H groups in total. The topological polar surface area (TPSA) is 72.5 Å². The number of amides is 1. The molecule has 1 aromatic rings. The smallest absolute Gasteiger partial charge is 0.329 e. The summed E-state index contributed by atoms with van der Waals surface area (Å²) in [5.74, 6) is -1.36. The number of esters is 1. The van der Waals surface area contributed by atoms with E-state index in [1.807, 2.05) is 0 Å². The quantitative estimate of drug-likeness (QED) is 0.782. The number of Topliss-reactive ketones (excluding diaryl/α,β-unsaturated/α-hetero) is 1. The summed E-state index contributed by atoms with van der Waals surface area (Å²) in [5.41, 5.74) is 0.221. The first-order valence-electron chi connectivity index (χ1n) is 8.28. The van der Waals surface area contributed by atoms with Gasteiger partial charge in [-0.1, -0.05) is 37.0 Å². The first-order valence-corrected chi connectivity index (χ1v) is 9.04. The molecule has 0 heterocycles. The molecule has 1 aliphatic rings. The summed E-state index contributed by atoms with van der Waals surface area (Å²) < 4.78 is 5.36. The van der Waals surface area contributed by atoms with Crippen molar-refractivity contribution in [2.75, 3.05) is 0 Å². The molecule has 1 fully saturated rings. The zero-order chi connectivity index (χ0) is 18.6. The summed E-state index contributed by atoms with van der Waals surface area (Å²) in [6.07, 6.45) is 1.93. The normalized spacial score (nSPS) is 18.8. The van der Waals surface area contributed by atoms with Gasteiger partial charge in [-0.3, -0.25) is 9.59 Å². The van der Waals surface area contributed by atoms with E-state index in [9.17, 15) is 14.4 Å². The second kappa shape index (κ2) is 8.68. The van der Waals surface area contributed by atoms with E-state index in [1.54, 1.807) is 19.9 Å². The van der Waals surface area contributed by atoms with Crippen molar-refractivity contribution in [2.45, 2.75) is 51.7 Å². The lowest BCUT2D eigenvalue weighted by atomic mass is 9.96. The third-order valence-electron chi connectivity index (χ3n) is 4.14. The van der Waals surface area contributed by atoms with Crippen LogP contribution in [0.3, 0.4) is 0 Å². The summed E-state index contributed by atoms with van der Waals surface area (Å²) in [6, 6.07) is 3.63. The van der Waals surface area contributed by atoms with Crippen LogP contribution in [0.15, 0.2) is 18.2 Å². The van der Waals surface area contributed by atoms with Gasteiger partial charge in [0.2, 0.25) is 0 Å². The summed E-state index contributed by atoms with van der Waals surface area (Å²) in [4.78, 5) is 36.7. The standard InChI is InChI=1S/C18H21Cl2NO4/c1-10(2)16(18(24)25-15-6-4-3-5-14(15)22)21-17(23)12-8-7-11(19)9-13(12)20/h7-10,15-16H,3-6H2,1-2H3,(H,21,23)/t15-,16+/m0/s1. The van der Waals surface area contributed by atoms with Crippen molar-refractivity contribution in [1.82, 2.24) is 5.32 Å². The van der Waals surface area contributed by atoms with Crippen molar-refractivity contribution in [3.63, 3.8) is 0 Å². The molecule has 5 nitrogen and oxygen atoms in total. The summed E-state index contributed by atoms with van der Waals surface area (Å²) in [5, 5.41) is 3.26. The Morgan fingerprint density at radius 1 is 1.24 bits per heavy atom. The fraction of sp³-hybridized carbons (Fsp3) is 0.500. The first kappa shape index (κ1) is 19.7. The number of halogens is 2. The average Bonchev–Trinajstić information content (AvgIpc) is 2.54. The highest BCUT2D eigenvalue weighted by Gasteiger charge is 2.32. The molecule has 1 aliphatic carbocycles. The zero-order valence-corrected chi connectivity index (χ0v) is 15.7. The molecule has 0 unspecified atom stereocenters. The second-order valence-electron chi connectivity index (χ2n) is 6.46. The molecular weight excluding hydrogens is 365 g/mol. The van der Waals surface area contributed by atoms with Gasteiger partial charge in [-0.05, 0) is 43.4 Å². The number of carbonyl (C=O) groups excluding carboxylic acids is 3. The fourth-order valence-corrected chi connectivity index (χ4v) is 3.17. The van der Waals surface area contributed by atoms with Crippen LogP contribution in [0, 0.1) is 5.92 Å². The van der Waals surface area contributed by atoms with Crippen molar-refractivity contribution in [1.29, 1.82) is 0 Å². The van der Waals surface area contributed by atoms with Gasteiger partial charge in [0, 0.05) is 11.4 Å². The molecule has 2 atom stereocenters. The van der Waals surface area contributed by atoms with E-state index in [1.165, 1.54) is 12.1 Å². The van der Waals surface area contributed by atoms with Crippen molar-refractivity contribution >= 4 is 40.9 Å². The van der Waals surface area contributed by atoms with Crippen LogP contribution >= 0.6 is 23.2 Å². The van der Waals surface area contributed by atoms with Crippen molar-refractivity contribution in [3.05, 3.63) is 33.8 Å². The van der Waals surface area contributed by atoms with E-state index in [4.69, 9.17) is 27.9 Å². The van der Waals surface area contributed by atoms with Crippen LogP contribution in [0.25, 0.3) is 0 Å². The van der Waals surface area contributed by atoms with Gasteiger partial charge in [-0.2, -0.15) is 0 Å². The molecule has 1 amide bonds. The number of ketones is 1. The van der Waals surface area contributed by atoms with E-state index in [-0.39, 0.29) is 22.3 Å². The monoisotopic (exact) mass is 385 g/mol. The second-order valence-corrected chi connectivity index (χ2v) is 7.30.